The second kappa shape index (κ2) is 19.2. The highest BCUT2D eigenvalue weighted by Gasteiger charge is 2.43. The minimum absolute atomic E-state index is 0.189. The van der Waals surface area contributed by atoms with Crippen LogP contribution in [0.5, 0.6) is 0 Å². The van der Waals surface area contributed by atoms with Gasteiger partial charge in [-0.15, -0.1) is 0 Å². The van der Waals surface area contributed by atoms with Gasteiger partial charge in [0.25, 0.3) is 0 Å². The van der Waals surface area contributed by atoms with Gasteiger partial charge in [-0.05, 0) is 126 Å². The Hall–Kier alpha value is -5.92. The maximum absolute atomic E-state index is 13.6. The lowest BCUT2D eigenvalue weighted by Crippen LogP contribution is -2.54. The van der Waals surface area contributed by atoms with Crippen molar-refractivity contribution in [2.24, 2.45) is 17.3 Å². The molecular formula is C49H62N6O8. The Balaban J connectivity index is 1.05. The average molecular weight is 863 g/mol. The lowest BCUT2D eigenvalue weighted by Gasteiger charge is -2.30. The summed E-state index contributed by atoms with van der Waals surface area (Å²) < 4.78 is 9.47. The van der Waals surface area contributed by atoms with Crippen molar-refractivity contribution >= 4 is 47.2 Å². The van der Waals surface area contributed by atoms with Gasteiger partial charge in [0.15, 0.2) is 0 Å². The van der Waals surface area contributed by atoms with Crippen LogP contribution in [-0.4, -0.2) is 97.1 Å². The topological polar surface area (TPSA) is 175 Å². The highest BCUT2D eigenvalue weighted by molar-refractivity contribution is 6.00. The smallest absolute Gasteiger partial charge is 0.407 e. The van der Waals surface area contributed by atoms with E-state index in [1.807, 2.05) is 76.2 Å². The number of alkyl carbamates (subject to hydrolysis) is 2. The van der Waals surface area contributed by atoms with Crippen LogP contribution in [0.15, 0.2) is 60.7 Å². The van der Waals surface area contributed by atoms with Crippen LogP contribution in [0.3, 0.4) is 0 Å². The van der Waals surface area contributed by atoms with Crippen molar-refractivity contribution in [2.75, 3.05) is 37.9 Å². The second-order valence-electron chi connectivity index (χ2n) is 18.4. The number of likely N-dealkylation sites (tertiary alicyclic amines) is 2. The lowest BCUT2D eigenvalue weighted by atomic mass is 9.82. The Morgan fingerprint density at radius 3 is 1.30 bits per heavy atom. The first kappa shape index (κ1) is 45.1. The molecule has 4 unspecified atom stereocenters. The first-order chi connectivity index (χ1) is 30.2. The lowest BCUT2D eigenvalue weighted by molar-refractivity contribution is -0.139. The Morgan fingerprint density at radius 2 is 0.952 bits per heavy atom. The van der Waals surface area contributed by atoms with Crippen molar-refractivity contribution in [1.29, 1.82) is 0 Å². The van der Waals surface area contributed by atoms with Crippen molar-refractivity contribution in [3.05, 3.63) is 71.8 Å². The molecule has 2 aliphatic heterocycles. The van der Waals surface area contributed by atoms with Gasteiger partial charge in [-0.1, -0.05) is 76.9 Å². The van der Waals surface area contributed by atoms with E-state index >= 15 is 0 Å². The molecular weight excluding hydrogens is 801 g/mol. The van der Waals surface area contributed by atoms with Crippen LogP contribution >= 0.6 is 0 Å². The first-order valence-corrected chi connectivity index (χ1v) is 22.5. The van der Waals surface area contributed by atoms with Gasteiger partial charge in [-0.3, -0.25) is 19.2 Å². The number of hydrogen-bond donors (Lipinski definition) is 4. The third kappa shape index (κ3) is 9.69. The second-order valence-corrected chi connectivity index (χ2v) is 18.4. The number of hydrogen-bond acceptors (Lipinski definition) is 8. The zero-order chi connectivity index (χ0) is 45.0. The van der Waals surface area contributed by atoms with Gasteiger partial charge < -0.3 is 40.5 Å². The number of methoxy groups -OCH3 is 2. The van der Waals surface area contributed by atoms with Crippen molar-refractivity contribution < 1.29 is 38.2 Å². The molecule has 1 spiro atoms. The minimum Gasteiger partial charge on any atom is -0.453 e. The Kier molecular flexibility index (Phi) is 13.8. The average Bonchev–Trinajstić information content (AvgIpc) is 4.12. The quantitative estimate of drug-likeness (QED) is 0.147. The van der Waals surface area contributed by atoms with Crippen molar-refractivity contribution in [3.8, 4) is 22.3 Å². The SMILES string of the molecule is COC(=O)NC(C(=O)N1CCCC1C(=O)Nc1ccc(-c2ccc(-c3ccc(NC(=O)C4CCCN4C(=O)C(NC(=O)OC)C(C)C)cc3)c3c2CC2(CCCC2)C3)cc1)C(C)C. The zero-order valence-corrected chi connectivity index (χ0v) is 37.4. The molecule has 7 rings (SSSR count). The molecule has 4 atom stereocenters. The molecule has 4 N–H and O–H groups in total. The van der Waals surface area contributed by atoms with Crippen LogP contribution in [-0.2, 0) is 41.5 Å². The summed E-state index contributed by atoms with van der Waals surface area (Å²) in [5.74, 6) is -1.48. The van der Waals surface area contributed by atoms with Gasteiger partial charge in [0.05, 0.1) is 14.2 Å². The van der Waals surface area contributed by atoms with Crippen LogP contribution in [0.1, 0.15) is 90.2 Å². The molecule has 3 fully saturated rings. The fourth-order valence-corrected chi connectivity index (χ4v) is 10.2. The number of amides is 6. The fraction of sp³-hybridized carbons (Fsp3) is 0.510. The summed E-state index contributed by atoms with van der Waals surface area (Å²) >= 11 is 0. The van der Waals surface area contributed by atoms with Crippen molar-refractivity contribution in [1.82, 2.24) is 20.4 Å². The summed E-state index contributed by atoms with van der Waals surface area (Å²) in [7, 11) is 2.51. The first-order valence-electron chi connectivity index (χ1n) is 22.5. The number of anilines is 2. The highest BCUT2D eigenvalue weighted by atomic mass is 16.5. The van der Waals surface area contributed by atoms with Gasteiger partial charge >= 0.3 is 12.2 Å². The van der Waals surface area contributed by atoms with Crippen molar-refractivity contribution in [3.63, 3.8) is 0 Å². The number of rotatable bonds is 12. The third-order valence-electron chi connectivity index (χ3n) is 13.6. The van der Waals surface area contributed by atoms with Crippen LogP contribution < -0.4 is 21.3 Å². The number of fused-ring (bicyclic) bond motifs is 1. The van der Waals surface area contributed by atoms with Crippen LogP contribution in [0.2, 0.25) is 0 Å². The van der Waals surface area contributed by atoms with Crippen LogP contribution in [0.25, 0.3) is 22.3 Å². The molecule has 14 nitrogen and oxygen atoms in total. The summed E-state index contributed by atoms with van der Waals surface area (Å²) in [6, 6.07) is 17.4. The summed E-state index contributed by atoms with van der Waals surface area (Å²) in [6.07, 6.45) is 7.97. The summed E-state index contributed by atoms with van der Waals surface area (Å²) in [4.78, 5) is 81.4. The van der Waals surface area contributed by atoms with Gasteiger partial charge in [0.2, 0.25) is 23.6 Å². The fourth-order valence-electron chi connectivity index (χ4n) is 10.2. The molecule has 4 aliphatic rings. The maximum Gasteiger partial charge on any atom is 0.407 e. The monoisotopic (exact) mass is 862 g/mol. The Labute approximate surface area is 370 Å². The standard InChI is InChI=1S/C49H62N6O8/c1-29(2)41(52-47(60)62-5)45(58)54-25-9-11-39(54)43(56)50-33-17-13-31(14-18-33)35-21-22-36(38-28-49(27-37(35)38)23-7-8-24-49)32-15-19-34(20-16-32)51-44(57)40-12-10-26-55(40)46(59)42(30(3)4)53-48(61)63-6/h13-22,29-30,39-42H,7-12,23-28H2,1-6H3,(H,50,56)(H,51,57)(H,52,60)(H,53,61). The largest absolute Gasteiger partial charge is 0.453 e. The van der Waals surface area contributed by atoms with E-state index in [4.69, 9.17) is 9.47 Å². The van der Waals surface area contributed by atoms with Crippen LogP contribution in [0, 0.1) is 17.3 Å². The maximum atomic E-state index is 13.6. The van der Waals surface area contributed by atoms with E-state index in [0.29, 0.717) is 50.1 Å². The Morgan fingerprint density at radius 1 is 0.571 bits per heavy atom. The molecule has 3 aromatic rings. The molecule has 3 aromatic carbocycles. The number of carbonyl (C=O) groups excluding carboxylic acids is 6. The summed E-state index contributed by atoms with van der Waals surface area (Å²) in [5.41, 5.74) is 8.74. The molecule has 0 aromatic heterocycles. The predicted molar refractivity (Wildman–Crippen MR) is 241 cm³/mol. The van der Waals surface area contributed by atoms with E-state index < -0.39 is 36.4 Å². The highest BCUT2D eigenvalue weighted by Crippen LogP contribution is 2.53. The molecule has 336 valence electrons. The summed E-state index contributed by atoms with van der Waals surface area (Å²) in [5, 5.41) is 11.3. The number of carbonyl (C=O) groups is 6. The number of nitrogens with zero attached hydrogens (tertiary/aromatic N) is 2. The van der Waals surface area contributed by atoms with Gasteiger partial charge in [0.1, 0.15) is 24.2 Å². The molecule has 0 bridgehead atoms. The molecule has 6 amide bonds. The molecule has 2 heterocycles. The molecule has 14 heteroatoms. The number of ether oxygens (including phenoxy) is 2. The van der Waals surface area contributed by atoms with E-state index in [1.165, 1.54) is 62.2 Å². The van der Waals surface area contributed by atoms with Gasteiger partial charge in [-0.25, -0.2) is 9.59 Å². The van der Waals surface area contributed by atoms with E-state index in [-0.39, 0.29) is 40.9 Å². The van der Waals surface area contributed by atoms with E-state index in [2.05, 4.69) is 33.4 Å². The Bertz CT molecular complexity index is 2050. The number of nitrogens with one attached hydrogen (secondary N) is 4. The molecule has 63 heavy (non-hydrogen) atoms. The third-order valence-corrected chi connectivity index (χ3v) is 13.6. The van der Waals surface area contributed by atoms with E-state index in [1.54, 1.807) is 9.80 Å². The minimum atomic E-state index is -0.801. The predicted octanol–water partition coefficient (Wildman–Crippen LogP) is 7.30. The van der Waals surface area contributed by atoms with E-state index in [9.17, 15) is 28.8 Å². The molecule has 2 aliphatic carbocycles. The molecule has 2 saturated heterocycles. The van der Waals surface area contributed by atoms with Gasteiger partial charge in [0, 0.05) is 24.5 Å². The van der Waals surface area contributed by atoms with Crippen molar-refractivity contribution in [2.45, 2.75) is 116 Å². The van der Waals surface area contributed by atoms with Crippen LogP contribution in [0.4, 0.5) is 21.0 Å². The van der Waals surface area contributed by atoms with E-state index in [0.717, 1.165) is 24.0 Å². The molecule has 0 radical (unpaired) electrons. The normalized spacial score (nSPS) is 19.7. The number of benzene rings is 3. The zero-order valence-electron chi connectivity index (χ0n) is 37.4. The van der Waals surface area contributed by atoms with Gasteiger partial charge in [-0.2, -0.15) is 0 Å². The molecule has 1 saturated carbocycles. The summed E-state index contributed by atoms with van der Waals surface area (Å²) in [6.45, 7) is 8.26.